The minimum absolute atomic E-state index is 0.0381. The molecule has 2 atom stereocenters. The van der Waals surface area contributed by atoms with Crippen molar-refractivity contribution in [2.24, 2.45) is 7.05 Å². The highest BCUT2D eigenvalue weighted by atomic mass is 19.1. The maximum atomic E-state index is 15.8. The molecule has 2 heterocycles. The first-order chi connectivity index (χ1) is 18.8. The molecule has 0 amide bonds. The number of aryl methyl sites for hydroxylation is 1. The van der Waals surface area contributed by atoms with Gasteiger partial charge in [-0.15, -0.1) is 0 Å². The minimum Gasteiger partial charge on any atom is -0.478 e. The van der Waals surface area contributed by atoms with Gasteiger partial charge >= 0.3 is 5.97 Å². The number of carboxylic acids is 1. The van der Waals surface area contributed by atoms with Crippen LogP contribution in [0.4, 0.5) is 14.5 Å². The second-order valence-electron chi connectivity index (χ2n) is 10.6. The van der Waals surface area contributed by atoms with E-state index in [1.807, 2.05) is 31.6 Å². The van der Waals surface area contributed by atoms with Crippen molar-refractivity contribution in [3.8, 4) is 11.1 Å². The van der Waals surface area contributed by atoms with Crippen LogP contribution >= 0.6 is 0 Å². The Kier molecular flexibility index (Phi) is 6.29. The fraction of sp³-hybridized carbons (Fsp3) is 0.250. The molecule has 1 aromatic heterocycles. The highest BCUT2D eigenvalue weighted by Gasteiger charge is 2.37. The lowest BCUT2D eigenvalue weighted by Gasteiger charge is -2.44. The Labute approximate surface area is 226 Å². The first-order valence-corrected chi connectivity index (χ1v) is 13.2. The highest BCUT2D eigenvalue weighted by Crippen LogP contribution is 2.45. The quantitative estimate of drug-likeness (QED) is 0.279. The molecule has 7 heteroatoms. The van der Waals surface area contributed by atoms with E-state index in [1.54, 1.807) is 4.68 Å². The van der Waals surface area contributed by atoms with E-state index in [1.165, 1.54) is 36.6 Å². The number of carbonyl (C=O) groups is 1. The van der Waals surface area contributed by atoms with Crippen molar-refractivity contribution in [3.63, 3.8) is 0 Å². The third kappa shape index (κ3) is 4.85. The molecule has 0 radical (unpaired) electrons. The second-order valence-corrected chi connectivity index (χ2v) is 10.6. The zero-order chi connectivity index (χ0) is 27.3. The molecule has 1 saturated carbocycles. The van der Waals surface area contributed by atoms with Crippen LogP contribution in [0, 0.1) is 11.6 Å². The van der Waals surface area contributed by atoms with Gasteiger partial charge in [0.2, 0.25) is 0 Å². The largest absolute Gasteiger partial charge is 0.478 e. The average molecular weight is 526 g/mol. The van der Waals surface area contributed by atoms with E-state index in [0.717, 1.165) is 34.0 Å². The lowest BCUT2D eigenvalue weighted by atomic mass is 9.82. The van der Waals surface area contributed by atoms with E-state index >= 15 is 8.78 Å². The van der Waals surface area contributed by atoms with Crippen molar-refractivity contribution in [3.05, 3.63) is 113 Å². The maximum Gasteiger partial charge on any atom is 0.328 e. The van der Waals surface area contributed by atoms with E-state index < -0.39 is 23.6 Å². The van der Waals surface area contributed by atoms with E-state index in [2.05, 4.69) is 47.3 Å². The first kappa shape index (κ1) is 25.0. The molecule has 4 aromatic rings. The molecular formula is C32H29F2N3O2. The molecule has 5 nitrogen and oxygen atoms in total. The van der Waals surface area contributed by atoms with Crippen molar-refractivity contribution in [2.75, 3.05) is 4.90 Å². The summed E-state index contributed by atoms with van der Waals surface area (Å²) in [5, 5.41) is 13.2. The number of hydrogen-bond acceptors (Lipinski definition) is 3. The summed E-state index contributed by atoms with van der Waals surface area (Å²) in [5.74, 6) is -1.98. The van der Waals surface area contributed by atoms with Gasteiger partial charge in [-0.1, -0.05) is 30.3 Å². The molecule has 1 N–H and O–H groups in total. The summed E-state index contributed by atoms with van der Waals surface area (Å²) in [4.78, 5) is 13.1. The summed E-state index contributed by atoms with van der Waals surface area (Å²) < 4.78 is 33.3. The fourth-order valence-corrected chi connectivity index (χ4v) is 5.78. The monoisotopic (exact) mass is 525 g/mol. The summed E-state index contributed by atoms with van der Waals surface area (Å²) in [6.45, 7) is 2.08. The SMILES string of the molecule is CC1Cc2cc(-c3cnn(C)c3)ccc2C(c2c(F)cc(/C=C/C(=O)O)cc2F)N1c1ccc(C2CC2)cc1. The molecule has 1 aliphatic carbocycles. The number of aromatic nitrogens is 2. The van der Waals surface area contributed by atoms with Crippen LogP contribution in [0.2, 0.25) is 0 Å². The van der Waals surface area contributed by atoms with E-state index in [-0.39, 0.29) is 17.2 Å². The molecule has 2 unspecified atom stereocenters. The normalized spacial score (nSPS) is 18.9. The van der Waals surface area contributed by atoms with Gasteiger partial charge in [-0.05, 0) is 90.3 Å². The van der Waals surface area contributed by atoms with Gasteiger partial charge < -0.3 is 10.0 Å². The lowest BCUT2D eigenvalue weighted by molar-refractivity contribution is -0.131. The zero-order valence-corrected chi connectivity index (χ0v) is 21.8. The Bertz CT molecular complexity index is 1560. The number of benzene rings is 3. The number of anilines is 1. The Hall–Kier alpha value is -4.26. The molecule has 3 aromatic carbocycles. The van der Waals surface area contributed by atoms with Gasteiger partial charge in [0, 0.05) is 36.6 Å². The molecule has 198 valence electrons. The first-order valence-electron chi connectivity index (χ1n) is 13.2. The molecule has 0 spiro atoms. The van der Waals surface area contributed by atoms with Crippen molar-refractivity contribution in [2.45, 2.75) is 44.2 Å². The Morgan fingerprint density at radius 2 is 1.74 bits per heavy atom. The van der Waals surface area contributed by atoms with Crippen LogP contribution < -0.4 is 4.90 Å². The van der Waals surface area contributed by atoms with Crippen molar-refractivity contribution in [1.82, 2.24) is 9.78 Å². The fourth-order valence-electron chi connectivity index (χ4n) is 5.78. The number of rotatable bonds is 6. The summed E-state index contributed by atoms with van der Waals surface area (Å²) >= 11 is 0. The Morgan fingerprint density at radius 1 is 1.03 bits per heavy atom. The second kappa shape index (κ2) is 9.80. The van der Waals surface area contributed by atoms with Gasteiger partial charge in [0.1, 0.15) is 11.6 Å². The highest BCUT2D eigenvalue weighted by molar-refractivity contribution is 5.85. The van der Waals surface area contributed by atoms with Crippen LogP contribution in [0.15, 0.2) is 73.1 Å². The molecule has 2 aliphatic rings. The van der Waals surface area contributed by atoms with Gasteiger partial charge in [0.05, 0.1) is 17.8 Å². The number of carboxylic acid groups (broad SMARTS) is 1. The third-order valence-electron chi connectivity index (χ3n) is 7.78. The molecule has 6 rings (SSSR count). The van der Waals surface area contributed by atoms with Gasteiger partial charge in [-0.2, -0.15) is 5.10 Å². The van der Waals surface area contributed by atoms with Crippen molar-refractivity contribution in [1.29, 1.82) is 0 Å². The number of nitrogens with zero attached hydrogens (tertiary/aromatic N) is 3. The third-order valence-corrected chi connectivity index (χ3v) is 7.78. The van der Waals surface area contributed by atoms with Gasteiger partial charge in [0.25, 0.3) is 0 Å². The smallest absolute Gasteiger partial charge is 0.328 e. The molecule has 0 saturated heterocycles. The lowest BCUT2D eigenvalue weighted by Crippen LogP contribution is -2.43. The van der Waals surface area contributed by atoms with Crippen LogP contribution in [0.5, 0.6) is 0 Å². The van der Waals surface area contributed by atoms with Crippen molar-refractivity contribution >= 4 is 17.7 Å². The molecular weight excluding hydrogens is 496 g/mol. The minimum atomic E-state index is -1.18. The standard InChI is InChI=1S/C32H29F2N3O2/c1-19-13-24-16-23(25-17-35-36(2)18-25)8-11-27(24)32(37(19)26-9-6-22(7-10-26)21-4-5-21)31-28(33)14-20(15-29(31)34)3-12-30(38)39/h3,6-12,14-19,21,32H,4-5,13H2,1-2H3,(H,38,39)/b12-3+. The zero-order valence-electron chi connectivity index (χ0n) is 21.8. The van der Waals surface area contributed by atoms with Crippen LogP contribution in [0.1, 0.15) is 59.5 Å². The Balaban J connectivity index is 1.49. The van der Waals surface area contributed by atoms with Crippen LogP contribution in [-0.2, 0) is 18.3 Å². The molecule has 1 fully saturated rings. The summed E-state index contributed by atoms with van der Waals surface area (Å²) in [6.07, 6.45) is 8.95. The number of aliphatic carboxylic acids is 1. The predicted molar refractivity (Wildman–Crippen MR) is 148 cm³/mol. The summed E-state index contributed by atoms with van der Waals surface area (Å²) in [6, 6.07) is 16.1. The topological polar surface area (TPSA) is 58.4 Å². The van der Waals surface area contributed by atoms with E-state index in [0.29, 0.717) is 12.3 Å². The maximum absolute atomic E-state index is 15.8. The molecule has 39 heavy (non-hydrogen) atoms. The average Bonchev–Trinajstić information content (AvgIpc) is 3.66. The van der Waals surface area contributed by atoms with Crippen LogP contribution in [-0.4, -0.2) is 26.9 Å². The van der Waals surface area contributed by atoms with Gasteiger partial charge in [-0.25, -0.2) is 13.6 Å². The molecule has 0 bridgehead atoms. The van der Waals surface area contributed by atoms with Gasteiger partial charge in [0.15, 0.2) is 0 Å². The van der Waals surface area contributed by atoms with E-state index in [4.69, 9.17) is 5.11 Å². The summed E-state index contributed by atoms with van der Waals surface area (Å²) in [7, 11) is 1.87. The van der Waals surface area contributed by atoms with Gasteiger partial charge in [-0.3, -0.25) is 4.68 Å². The predicted octanol–water partition coefficient (Wildman–Crippen LogP) is 6.88. The number of hydrogen-bond donors (Lipinski definition) is 1. The Morgan fingerprint density at radius 3 is 2.36 bits per heavy atom. The number of fused-ring (bicyclic) bond motifs is 1. The van der Waals surface area contributed by atoms with Crippen LogP contribution in [0.25, 0.3) is 17.2 Å². The molecule has 1 aliphatic heterocycles. The van der Waals surface area contributed by atoms with Crippen molar-refractivity contribution < 1.29 is 18.7 Å². The van der Waals surface area contributed by atoms with Crippen LogP contribution in [0.3, 0.4) is 0 Å². The van der Waals surface area contributed by atoms with E-state index in [9.17, 15) is 4.79 Å². The number of halogens is 2. The summed E-state index contributed by atoms with van der Waals surface area (Å²) in [5.41, 5.74) is 6.19.